The lowest BCUT2D eigenvalue weighted by Crippen LogP contribution is -2.41. The SMILES string of the molecule is CCN(C(=O)c1ccnc(Nc2ccccc2OC)n1)C1CCS(=O)(=O)C1. The topological polar surface area (TPSA) is 101 Å². The van der Waals surface area contributed by atoms with Crippen molar-refractivity contribution >= 4 is 27.4 Å². The van der Waals surface area contributed by atoms with Crippen LogP contribution in [0.25, 0.3) is 0 Å². The molecule has 1 aliphatic heterocycles. The summed E-state index contributed by atoms with van der Waals surface area (Å²) in [5.74, 6) is 0.713. The maximum atomic E-state index is 12.9. The van der Waals surface area contributed by atoms with E-state index in [4.69, 9.17) is 4.74 Å². The van der Waals surface area contributed by atoms with Crippen LogP contribution >= 0.6 is 0 Å². The molecule has 1 fully saturated rings. The van der Waals surface area contributed by atoms with Gasteiger partial charge >= 0.3 is 0 Å². The van der Waals surface area contributed by atoms with Crippen molar-refractivity contribution in [3.05, 3.63) is 42.2 Å². The third kappa shape index (κ3) is 4.36. The van der Waals surface area contributed by atoms with Crippen LogP contribution in [0.4, 0.5) is 11.6 Å². The molecule has 0 saturated carbocycles. The van der Waals surface area contributed by atoms with Crippen molar-refractivity contribution in [1.82, 2.24) is 14.9 Å². The molecule has 1 amide bonds. The van der Waals surface area contributed by atoms with E-state index in [2.05, 4.69) is 15.3 Å². The number of nitrogens with zero attached hydrogens (tertiary/aromatic N) is 3. The first kappa shape index (κ1) is 19.1. The Bertz CT molecular complexity index is 932. The van der Waals surface area contributed by atoms with Gasteiger partial charge in [0.2, 0.25) is 5.95 Å². The van der Waals surface area contributed by atoms with Gasteiger partial charge in [-0.05, 0) is 31.5 Å². The summed E-state index contributed by atoms with van der Waals surface area (Å²) in [6.07, 6.45) is 1.95. The fourth-order valence-electron chi connectivity index (χ4n) is 3.14. The number of methoxy groups -OCH3 is 1. The van der Waals surface area contributed by atoms with Gasteiger partial charge in [-0.2, -0.15) is 0 Å². The standard InChI is InChI=1S/C18H22N4O4S/c1-3-22(13-9-11-27(24,25)12-13)17(23)15-8-10-19-18(21-15)20-14-6-4-5-7-16(14)26-2/h4-8,10,13H,3,9,11-12H2,1-2H3,(H,19,20,21). The molecule has 0 spiro atoms. The summed E-state index contributed by atoms with van der Waals surface area (Å²) in [5.41, 5.74) is 0.896. The third-order valence-corrected chi connectivity index (χ3v) is 6.23. The number of carbonyl (C=O) groups is 1. The van der Waals surface area contributed by atoms with E-state index >= 15 is 0 Å². The molecule has 1 saturated heterocycles. The second-order valence-corrected chi connectivity index (χ2v) is 8.47. The molecule has 0 radical (unpaired) electrons. The Hall–Kier alpha value is -2.68. The number of ether oxygens (including phenoxy) is 1. The molecule has 1 aromatic heterocycles. The highest BCUT2D eigenvalue weighted by Gasteiger charge is 2.34. The van der Waals surface area contributed by atoms with E-state index < -0.39 is 9.84 Å². The summed E-state index contributed by atoms with van der Waals surface area (Å²) in [6.45, 7) is 2.25. The molecule has 1 aliphatic rings. The minimum Gasteiger partial charge on any atom is -0.495 e. The zero-order chi connectivity index (χ0) is 19.4. The first-order valence-electron chi connectivity index (χ1n) is 8.68. The zero-order valence-electron chi connectivity index (χ0n) is 15.3. The molecule has 27 heavy (non-hydrogen) atoms. The minimum atomic E-state index is -3.08. The predicted molar refractivity (Wildman–Crippen MR) is 102 cm³/mol. The largest absolute Gasteiger partial charge is 0.495 e. The molecular weight excluding hydrogens is 368 g/mol. The predicted octanol–water partition coefficient (Wildman–Crippen LogP) is 1.88. The smallest absolute Gasteiger partial charge is 0.272 e. The van der Waals surface area contributed by atoms with Gasteiger partial charge in [-0.15, -0.1) is 0 Å². The monoisotopic (exact) mass is 390 g/mol. The van der Waals surface area contributed by atoms with E-state index in [0.717, 1.165) is 0 Å². The van der Waals surface area contributed by atoms with Crippen LogP contribution in [0.15, 0.2) is 36.5 Å². The van der Waals surface area contributed by atoms with E-state index in [-0.39, 0.29) is 35.1 Å². The number of benzene rings is 1. The number of carbonyl (C=O) groups excluding carboxylic acids is 1. The van der Waals surface area contributed by atoms with Gasteiger partial charge in [0.25, 0.3) is 5.91 Å². The van der Waals surface area contributed by atoms with Crippen molar-refractivity contribution in [2.75, 3.05) is 30.5 Å². The Morgan fingerprint density at radius 1 is 1.33 bits per heavy atom. The number of sulfone groups is 1. The summed E-state index contributed by atoms with van der Waals surface area (Å²) in [5, 5.41) is 3.04. The molecule has 1 aromatic carbocycles. The molecule has 1 atom stereocenters. The van der Waals surface area contributed by atoms with Crippen LogP contribution in [-0.4, -0.2) is 60.4 Å². The summed E-state index contributed by atoms with van der Waals surface area (Å²) in [4.78, 5) is 22.9. The quantitative estimate of drug-likeness (QED) is 0.803. The average molecular weight is 390 g/mol. The third-order valence-electron chi connectivity index (χ3n) is 4.48. The Labute approximate surface area is 158 Å². The lowest BCUT2D eigenvalue weighted by atomic mass is 10.2. The first-order valence-corrected chi connectivity index (χ1v) is 10.5. The van der Waals surface area contributed by atoms with Gasteiger partial charge in [-0.1, -0.05) is 12.1 Å². The maximum Gasteiger partial charge on any atom is 0.272 e. The average Bonchev–Trinajstić information content (AvgIpc) is 3.02. The Kier molecular flexibility index (Phi) is 5.59. The fraction of sp³-hybridized carbons (Fsp3) is 0.389. The van der Waals surface area contributed by atoms with Crippen LogP contribution in [-0.2, 0) is 9.84 Å². The lowest BCUT2D eigenvalue weighted by molar-refractivity contribution is 0.0702. The van der Waals surface area contributed by atoms with Gasteiger partial charge in [0.05, 0.1) is 24.3 Å². The summed E-state index contributed by atoms with van der Waals surface area (Å²) < 4.78 is 28.8. The fourth-order valence-corrected chi connectivity index (χ4v) is 4.87. The van der Waals surface area contributed by atoms with E-state index in [9.17, 15) is 13.2 Å². The number of hydrogen-bond acceptors (Lipinski definition) is 7. The molecule has 144 valence electrons. The summed E-state index contributed by atoms with van der Waals surface area (Å²) >= 11 is 0. The Morgan fingerprint density at radius 2 is 2.11 bits per heavy atom. The van der Waals surface area contributed by atoms with Gasteiger partial charge in [-0.25, -0.2) is 18.4 Å². The second-order valence-electron chi connectivity index (χ2n) is 6.24. The van der Waals surface area contributed by atoms with Gasteiger partial charge in [0, 0.05) is 18.8 Å². The van der Waals surface area contributed by atoms with Gasteiger partial charge in [-0.3, -0.25) is 4.79 Å². The molecule has 9 heteroatoms. The number of nitrogens with one attached hydrogen (secondary N) is 1. The van der Waals surface area contributed by atoms with Crippen molar-refractivity contribution in [3.8, 4) is 5.75 Å². The minimum absolute atomic E-state index is 0.00395. The highest BCUT2D eigenvalue weighted by atomic mass is 32.2. The van der Waals surface area contributed by atoms with Crippen molar-refractivity contribution in [1.29, 1.82) is 0 Å². The molecule has 2 heterocycles. The highest BCUT2D eigenvalue weighted by Crippen LogP contribution is 2.25. The summed E-state index contributed by atoms with van der Waals surface area (Å²) in [6, 6.07) is 8.53. The number of rotatable bonds is 6. The zero-order valence-corrected chi connectivity index (χ0v) is 16.1. The van der Waals surface area contributed by atoms with E-state index in [1.807, 2.05) is 25.1 Å². The second kappa shape index (κ2) is 7.91. The number of para-hydroxylation sites is 2. The van der Waals surface area contributed by atoms with Crippen LogP contribution in [0.3, 0.4) is 0 Å². The number of hydrogen-bond donors (Lipinski definition) is 1. The molecule has 1 N–H and O–H groups in total. The molecule has 1 unspecified atom stereocenters. The van der Waals surface area contributed by atoms with Crippen molar-refractivity contribution in [2.45, 2.75) is 19.4 Å². The van der Waals surface area contributed by atoms with Gasteiger partial charge in [0.15, 0.2) is 9.84 Å². The van der Waals surface area contributed by atoms with E-state index in [1.165, 1.54) is 12.3 Å². The maximum absolute atomic E-state index is 12.9. The number of amides is 1. The van der Waals surface area contributed by atoms with Crippen LogP contribution in [0.5, 0.6) is 5.75 Å². The van der Waals surface area contributed by atoms with Gasteiger partial charge in [0.1, 0.15) is 11.4 Å². The lowest BCUT2D eigenvalue weighted by Gasteiger charge is -2.26. The number of anilines is 2. The van der Waals surface area contributed by atoms with Crippen LogP contribution in [0, 0.1) is 0 Å². The van der Waals surface area contributed by atoms with Crippen LogP contribution < -0.4 is 10.1 Å². The molecular formula is C18H22N4O4S. The first-order chi connectivity index (χ1) is 12.9. The van der Waals surface area contributed by atoms with Crippen LogP contribution in [0.2, 0.25) is 0 Å². The van der Waals surface area contributed by atoms with Crippen molar-refractivity contribution in [3.63, 3.8) is 0 Å². The normalized spacial score (nSPS) is 18.1. The van der Waals surface area contributed by atoms with Crippen molar-refractivity contribution in [2.24, 2.45) is 0 Å². The molecule has 8 nitrogen and oxygen atoms in total. The summed E-state index contributed by atoms with van der Waals surface area (Å²) in [7, 11) is -1.51. The van der Waals surface area contributed by atoms with E-state index in [1.54, 1.807) is 18.1 Å². The Morgan fingerprint density at radius 3 is 2.78 bits per heavy atom. The van der Waals surface area contributed by atoms with Crippen molar-refractivity contribution < 1.29 is 17.9 Å². The molecule has 0 aliphatic carbocycles. The van der Waals surface area contributed by atoms with Crippen LogP contribution in [0.1, 0.15) is 23.8 Å². The highest BCUT2D eigenvalue weighted by molar-refractivity contribution is 7.91. The Balaban J connectivity index is 1.81. The van der Waals surface area contributed by atoms with Gasteiger partial charge < -0.3 is 15.0 Å². The molecule has 2 aromatic rings. The molecule has 0 bridgehead atoms. The number of aromatic nitrogens is 2. The molecule has 3 rings (SSSR count). The van der Waals surface area contributed by atoms with E-state index in [0.29, 0.717) is 24.4 Å².